The fourth-order valence-corrected chi connectivity index (χ4v) is 3.25. The summed E-state index contributed by atoms with van der Waals surface area (Å²) in [6.45, 7) is 0. The number of carboxylic acids is 1. The number of carboxylic acid groups (broad SMARTS) is 1. The van der Waals surface area contributed by atoms with Crippen LogP contribution in [0.25, 0.3) is 11.4 Å². The minimum atomic E-state index is -1.10. The maximum Gasteiger partial charge on any atom is 0.340 e. The van der Waals surface area contributed by atoms with Crippen molar-refractivity contribution >= 4 is 5.97 Å². The van der Waals surface area contributed by atoms with Crippen LogP contribution in [0.15, 0.2) is 89.9 Å². The first-order valence-corrected chi connectivity index (χ1v) is 9.03. The SMILES string of the molecule is O=C(O)c1cccc(-n2c(O)cn(-c3ccc(Cc4ccccc4)cc3)c2=O)c1. The predicted octanol–water partition coefficient (Wildman–Crippen LogP) is 3.62. The molecule has 0 saturated heterocycles. The zero-order valence-electron chi connectivity index (χ0n) is 15.4. The van der Waals surface area contributed by atoms with Gasteiger partial charge in [-0.1, -0.05) is 48.5 Å². The molecule has 144 valence electrons. The van der Waals surface area contributed by atoms with Gasteiger partial charge in [-0.25, -0.2) is 14.2 Å². The van der Waals surface area contributed by atoms with Crippen LogP contribution in [-0.2, 0) is 6.42 Å². The average Bonchev–Trinajstić information content (AvgIpc) is 3.03. The van der Waals surface area contributed by atoms with Gasteiger partial charge in [-0.05, 0) is 47.9 Å². The van der Waals surface area contributed by atoms with Gasteiger partial charge in [0.15, 0.2) is 0 Å². The van der Waals surface area contributed by atoms with Crippen molar-refractivity contribution in [1.29, 1.82) is 0 Å². The standard InChI is InChI=1S/C23H18N2O4/c26-21-15-24(23(29)25(21)20-8-4-7-18(14-20)22(27)28)19-11-9-17(10-12-19)13-16-5-2-1-3-6-16/h1-12,14-15,26H,13H2,(H,27,28). The molecule has 2 N–H and O–H groups in total. The largest absolute Gasteiger partial charge is 0.493 e. The molecule has 1 heterocycles. The van der Waals surface area contributed by atoms with Crippen molar-refractivity contribution in [3.8, 4) is 17.3 Å². The molecular weight excluding hydrogens is 368 g/mol. The van der Waals surface area contributed by atoms with E-state index in [-0.39, 0.29) is 17.1 Å². The fourth-order valence-electron chi connectivity index (χ4n) is 3.25. The van der Waals surface area contributed by atoms with Gasteiger partial charge in [-0.2, -0.15) is 0 Å². The summed E-state index contributed by atoms with van der Waals surface area (Å²) in [7, 11) is 0. The van der Waals surface area contributed by atoms with Crippen LogP contribution in [0.5, 0.6) is 5.88 Å². The van der Waals surface area contributed by atoms with E-state index in [4.69, 9.17) is 5.11 Å². The number of nitrogens with zero attached hydrogens (tertiary/aromatic N) is 2. The van der Waals surface area contributed by atoms with E-state index in [1.54, 1.807) is 6.07 Å². The maximum atomic E-state index is 12.9. The van der Waals surface area contributed by atoms with Crippen molar-refractivity contribution in [2.45, 2.75) is 6.42 Å². The van der Waals surface area contributed by atoms with Crippen molar-refractivity contribution in [3.05, 3.63) is 112 Å². The van der Waals surface area contributed by atoms with Gasteiger partial charge in [0.05, 0.1) is 23.1 Å². The zero-order chi connectivity index (χ0) is 20.4. The van der Waals surface area contributed by atoms with Gasteiger partial charge in [-0.3, -0.25) is 4.57 Å². The number of aromatic nitrogens is 2. The second-order valence-corrected chi connectivity index (χ2v) is 6.66. The second-order valence-electron chi connectivity index (χ2n) is 6.66. The van der Waals surface area contributed by atoms with E-state index in [1.165, 1.54) is 34.5 Å². The van der Waals surface area contributed by atoms with E-state index in [1.807, 2.05) is 42.5 Å². The van der Waals surface area contributed by atoms with Crippen molar-refractivity contribution in [1.82, 2.24) is 9.13 Å². The highest BCUT2D eigenvalue weighted by molar-refractivity contribution is 5.88. The summed E-state index contributed by atoms with van der Waals surface area (Å²) in [6, 6.07) is 23.5. The lowest BCUT2D eigenvalue weighted by atomic mass is 10.0. The first kappa shape index (κ1) is 18.3. The second kappa shape index (κ2) is 7.52. The molecule has 0 aliphatic carbocycles. The Kier molecular flexibility index (Phi) is 4.75. The highest BCUT2D eigenvalue weighted by atomic mass is 16.4. The highest BCUT2D eigenvalue weighted by Gasteiger charge is 2.15. The van der Waals surface area contributed by atoms with E-state index < -0.39 is 11.7 Å². The lowest BCUT2D eigenvalue weighted by molar-refractivity contribution is 0.0697. The molecule has 3 aromatic carbocycles. The van der Waals surface area contributed by atoms with Crippen LogP contribution in [0.4, 0.5) is 0 Å². The van der Waals surface area contributed by atoms with E-state index in [2.05, 4.69) is 12.1 Å². The molecular formula is C23H18N2O4. The highest BCUT2D eigenvalue weighted by Crippen LogP contribution is 2.19. The van der Waals surface area contributed by atoms with Crippen molar-refractivity contribution < 1.29 is 15.0 Å². The van der Waals surface area contributed by atoms with Crippen LogP contribution >= 0.6 is 0 Å². The molecule has 29 heavy (non-hydrogen) atoms. The Morgan fingerprint density at radius 2 is 1.52 bits per heavy atom. The van der Waals surface area contributed by atoms with Gasteiger partial charge in [0.1, 0.15) is 0 Å². The first-order chi connectivity index (χ1) is 14.0. The topological polar surface area (TPSA) is 84.5 Å². The monoisotopic (exact) mass is 386 g/mol. The molecule has 6 nitrogen and oxygen atoms in total. The molecule has 0 bridgehead atoms. The summed E-state index contributed by atoms with van der Waals surface area (Å²) >= 11 is 0. The number of benzene rings is 3. The molecule has 0 atom stereocenters. The van der Waals surface area contributed by atoms with Crippen LogP contribution in [-0.4, -0.2) is 25.3 Å². The Hall–Kier alpha value is -4.06. The number of imidazole rings is 1. The fraction of sp³-hybridized carbons (Fsp3) is 0.0435. The third-order valence-electron chi connectivity index (χ3n) is 4.69. The number of aromatic hydroxyl groups is 1. The third-order valence-corrected chi connectivity index (χ3v) is 4.69. The van der Waals surface area contributed by atoms with Gasteiger partial charge < -0.3 is 10.2 Å². The number of aromatic carboxylic acids is 1. The molecule has 0 unspecified atom stereocenters. The Balaban J connectivity index is 1.67. The molecule has 0 amide bonds. The average molecular weight is 386 g/mol. The third kappa shape index (κ3) is 3.68. The Bertz CT molecular complexity index is 1220. The molecule has 0 fully saturated rings. The predicted molar refractivity (Wildman–Crippen MR) is 109 cm³/mol. The molecule has 0 spiro atoms. The smallest absolute Gasteiger partial charge is 0.340 e. The first-order valence-electron chi connectivity index (χ1n) is 9.03. The van der Waals surface area contributed by atoms with Gasteiger partial charge >= 0.3 is 11.7 Å². The van der Waals surface area contributed by atoms with E-state index in [0.29, 0.717) is 5.69 Å². The zero-order valence-corrected chi connectivity index (χ0v) is 15.4. The Labute approximate surface area is 166 Å². The van der Waals surface area contributed by atoms with Gasteiger partial charge in [-0.15, -0.1) is 0 Å². The summed E-state index contributed by atoms with van der Waals surface area (Å²) in [5.41, 5.74) is 2.74. The lowest BCUT2D eigenvalue weighted by Gasteiger charge is -2.06. The van der Waals surface area contributed by atoms with Crippen LogP contribution in [0.3, 0.4) is 0 Å². The van der Waals surface area contributed by atoms with E-state index in [0.717, 1.165) is 16.6 Å². The van der Waals surface area contributed by atoms with Crippen molar-refractivity contribution in [2.75, 3.05) is 0 Å². The van der Waals surface area contributed by atoms with Crippen molar-refractivity contribution in [3.63, 3.8) is 0 Å². The van der Waals surface area contributed by atoms with Gasteiger partial charge in [0.2, 0.25) is 5.88 Å². The quantitative estimate of drug-likeness (QED) is 0.549. The molecule has 0 radical (unpaired) electrons. The number of hydrogen-bond donors (Lipinski definition) is 2. The normalized spacial score (nSPS) is 10.8. The number of rotatable bonds is 5. The van der Waals surface area contributed by atoms with Crippen LogP contribution in [0, 0.1) is 0 Å². The van der Waals surface area contributed by atoms with Gasteiger partial charge in [0, 0.05) is 0 Å². The minimum absolute atomic E-state index is 0.0341. The molecule has 6 heteroatoms. The summed E-state index contributed by atoms with van der Waals surface area (Å²) in [6.07, 6.45) is 2.10. The van der Waals surface area contributed by atoms with Crippen LogP contribution < -0.4 is 5.69 Å². The van der Waals surface area contributed by atoms with Crippen LogP contribution in [0.1, 0.15) is 21.5 Å². The number of carbonyl (C=O) groups is 1. The molecule has 0 saturated carbocycles. The molecule has 0 aliphatic heterocycles. The molecule has 4 aromatic rings. The minimum Gasteiger partial charge on any atom is -0.493 e. The summed E-state index contributed by atoms with van der Waals surface area (Å²) in [4.78, 5) is 24.1. The molecule has 4 rings (SSSR count). The maximum absolute atomic E-state index is 12.9. The summed E-state index contributed by atoms with van der Waals surface area (Å²) in [5, 5.41) is 19.5. The molecule has 1 aromatic heterocycles. The Morgan fingerprint density at radius 1 is 0.828 bits per heavy atom. The molecule has 0 aliphatic rings. The van der Waals surface area contributed by atoms with Crippen molar-refractivity contribution in [2.24, 2.45) is 0 Å². The lowest BCUT2D eigenvalue weighted by Crippen LogP contribution is -2.22. The van der Waals surface area contributed by atoms with E-state index in [9.17, 15) is 14.7 Å². The van der Waals surface area contributed by atoms with Gasteiger partial charge in [0.25, 0.3) is 0 Å². The van der Waals surface area contributed by atoms with Crippen LogP contribution in [0.2, 0.25) is 0 Å². The Morgan fingerprint density at radius 3 is 2.21 bits per heavy atom. The van der Waals surface area contributed by atoms with E-state index >= 15 is 0 Å². The number of hydrogen-bond acceptors (Lipinski definition) is 3. The summed E-state index contributed by atoms with van der Waals surface area (Å²) < 4.78 is 2.40. The summed E-state index contributed by atoms with van der Waals surface area (Å²) in [5.74, 6) is -1.38.